The van der Waals surface area contributed by atoms with Gasteiger partial charge in [-0.05, 0) is 33.7 Å². The van der Waals surface area contributed by atoms with Crippen molar-refractivity contribution in [2.24, 2.45) is 0 Å². The Morgan fingerprint density at radius 3 is 2.31 bits per heavy atom. The van der Waals surface area contributed by atoms with E-state index >= 15 is 0 Å². The number of likely N-dealkylation sites (N-methyl/N-ethyl adjacent to an activating group) is 1. The zero-order valence-corrected chi connectivity index (χ0v) is 11.9. The van der Waals surface area contributed by atoms with Crippen molar-refractivity contribution in [3.05, 3.63) is 0 Å². The zero-order valence-electron chi connectivity index (χ0n) is 11.0. The van der Waals surface area contributed by atoms with E-state index in [9.17, 15) is 8.42 Å². The SMILES string of the molecule is CCS(=O)(=O)CCCC(NC)C(C)(C)OC. The standard InChI is InChI=1S/C11H25NO3S/c1-6-16(13,14)9-7-8-10(12-4)11(2,3)15-5/h10,12H,6-9H2,1-5H3. The summed E-state index contributed by atoms with van der Waals surface area (Å²) in [5.74, 6) is 0.492. The first kappa shape index (κ1) is 15.9. The smallest absolute Gasteiger partial charge is 0.150 e. The van der Waals surface area contributed by atoms with Crippen LogP contribution in [-0.4, -0.2) is 45.7 Å². The van der Waals surface area contributed by atoms with E-state index in [-0.39, 0.29) is 23.1 Å². The Balaban J connectivity index is 4.18. The molecule has 0 fully saturated rings. The van der Waals surface area contributed by atoms with Crippen molar-refractivity contribution in [2.45, 2.75) is 45.3 Å². The quantitative estimate of drug-likeness (QED) is 0.704. The van der Waals surface area contributed by atoms with Crippen LogP contribution in [0.3, 0.4) is 0 Å². The molecular formula is C11H25NO3S. The fourth-order valence-electron chi connectivity index (χ4n) is 1.63. The fourth-order valence-corrected chi connectivity index (χ4v) is 2.53. The summed E-state index contributed by atoms with van der Waals surface area (Å²) < 4.78 is 28.1. The van der Waals surface area contributed by atoms with Crippen LogP contribution in [0.1, 0.15) is 33.6 Å². The molecule has 0 aromatic heterocycles. The molecule has 0 amide bonds. The molecule has 5 heteroatoms. The van der Waals surface area contributed by atoms with Gasteiger partial charge in [0.1, 0.15) is 9.84 Å². The lowest BCUT2D eigenvalue weighted by atomic mass is 9.95. The molecule has 0 rings (SSSR count). The number of rotatable bonds is 8. The van der Waals surface area contributed by atoms with Crippen LogP contribution >= 0.6 is 0 Å². The first-order valence-corrected chi connectivity index (χ1v) is 7.54. The summed E-state index contributed by atoms with van der Waals surface area (Å²) in [5, 5.41) is 3.18. The Hall–Kier alpha value is -0.130. The molecule has 0 saturated carbocycles. The van der Waals surface area contributed by atoms with Crippen molar-refractivity contribution in [1.29, 1.82) is 0 Å². The van der Waals surface area contributed by atoms with Gasteiger partial charge in [-0.1, -0.05) is 6.92 Å². The Morgan fingerprint density at radius 1 is 1.38 bits per heavy atom. The van der Waals surface area contributed by atoms with Gasteiger partial charge < -0.3 is 10.1 Å². The molecule has 4 nitrogen and oxygen atoms in total. The Bertz CT molecular complexity index is 286. The molecule has 1 unspecified atom stereocenters. The summed E-state index contributed by atoms with van der Waals surface area (Å²) in [7, 11) is 0.704. The average Bonchev–Trinajstić information content (AvgIpc) is 2.24. The van der Waals surface area contributed by atoms with Crippen LogP contribution in [0.15, 0.2) is 0 Å². The lowest BCUT2D eigenvalue weighted by molar-refractivity contribution is -0.0105. The first-order chi connectivity index (χ1) is 7.29. The third-order valence-electron chi connectivity index (χ3n) is 3.10. The number of methoxy groups -OCH3 is 1. The monoisotopic (exact) mass is 251 g/mol. The minimum absolute atomic E-state index is 0.171. The summed E-state index contributed by atoms with van der Waals surface area (Å²) in [6.45, 7) is 5.69. The molecule has 1 N–H and O–H groups in total. The molecule has 0 aromatic carbocycles. The maximum absolute atomic E-state index is 11.3. The van der Waals surface area contributed by atoms with Gasteiger partial charge in [0.05, 0.1) is 11.4 Å². The second kappa shape index (κ2) is 6.57. The predicted octanol–water partition coefficient (Wildman–Crippen LogP) is 1.21. The van der Waals surface area contributed by atoms with Gasteiger partial charge in [0.25, 0.3) is 0 Å². The van der Waals surface area contributed by atoms with Gasteiger partial charge in [0.2, 0.25) is 0 Å². The van der Waals surface area contributed by atoms with Gasteiger partial charge in [-0.25, -0.2) is 8.42 Å². The highest BCUT2D eigenvalue weighted by Gasteiger charge is 2.27. The van der Waals surface area contributed by atoms with Crippen molar-refractivity contribution in [3.8, 4) is 0 Å². The van der Waals surface area contributed by atoms with E-state index < -0.39 is 9.84 Å². The number of hydrogen-bond acceptors (Lipinski definition) is 4. The molecule has 0 aliphatic rings. The molecule has 0 radical (unpaired) electrons. The van der Waals surface area contributed by atoms with E-state index in [0.29, 0.717) is 6.42 Å². The maximum atomic E-state index is 11.3. The lowest BCUT2D eigenvalue weighted by Gasteiger charge is -2.33. The molecule has 16 heavy (non-hydrogen) atoms. The van der Waals surface area contributed by atoms with Crippen molar-refractivity contribution >= 4 is 9.84 Å². The van der Waals surface area contributed by atoms with Gasteiger partial charge in [0, 0.05) is 18.9 Å². The molecule has 0 heterocycles. The molecular weight excluding hydrogens is 226 g/mol. The lowest BCUT2D eigenvalue weighted by Crippen LogP contribution is -2.46. The number of ether oxygens (including phenoxy) is 1. The summed E-state index contributed by atoms with van der Waals surface area (Å²) in [6.07, 6.45) is 1.48. The molecule has 0 aliphatic heterocycles. The molecule has 0 spiro atoms. The average molecular weight is 251 g/mol. The Labute approximate surface area is 99.7 Å². The second-order valence-electron chi connectivity index (χ2n) is 4.53. The van der Waals surface area contributed by atoms with Crippen molar-refractivity contribution in [3.63, 3.8) is 0 Å². The van der Waals surface area contributed by atoms with E-state index in [4.69, 9.17) is 4.74 Å². The Kier molecular flexibility index (Phi) is 6.51. The fraction of sp³-hybridized carbons (Fsp3) is 1.00. The minimum Gasteiger partial charge on any atom is -0.377 e. The zero-order chi connectivity index (χ0) is 12.8. The van der Waals surface area contributed by atoms with Crippen LogP contribution in [0.5, 0.6) is 0 Å². The van der Waals surface area contributed by atoms with Gasteiger partial charge in [-0.15, -0.1) is 0 Å². The van der Waals surface area contributed by atoms with E-state index in [2.05, 4.69) is 5.32 Å². The van der Waals surface area contributed by atoms with Crippen molar-refractivity contribution < 1.29 is 13.2 Å². The number of nitrogens with one attached hydrogen (secondary N) is 1. The van der Waals surface area contributed by atoms with Gasteiger partial charge in [0.15, 0.2) is 0 Å². The second-order valence-corrected chi connectivity index (χ2v) is 7.00. The highest BCUT2D eigenvalue weighted by atomic mass is 32.2. The third-order valence-corrected chi connectivity index (χ3v) is 4.89. The van der Waals surface area contributed by atoms with Crippen LogP contribution in [0.4, 0.5) is 0 Å². The van der Waals surface area contributed by atoms with Crippen molar-refractivity contribution in [2.75, 3.05) is 25.7 Å². The highest BCUT2D eigenvalue weighted by molar-refractivity contribution is 7.91. The summed E-state index contributed by atoms with van der Waals surface area (Å²) >= 11 is 0. The maximum Gasteiger partial charge on any atom is 0.150 e. The predicted molar refractivity (Wildman–Crippen MR) is 67.5 cm³/mol. The largest absolute Gasteiger partial charge is 0.377 e. The summed E-state index contributed by atoms with van der Waals surface area (Å²) in [4.78, 5) is 0. The van der Waals surface area contributed by atoms with Crippen LogP contribution in [-0.2, 0) is 14.6 Å². The molecule has 0 aromatic rings. The molecule has 1 atom stereocenters. The van der Waals surface area contributed by atoms with Crippen LogP contribution in [0, 0.1) is 0 Å². The van der Waals surface area contributed by atoms with Crippen LogP contribution in [0.2, 0.25) is 0 Å². The van der Waals surface area contributed by atoms with Gasteiger partial charge >= 0.3 is 0 Å². The van der Waals surface area contributed by atoms with E-state index in [0.717, 1.165) is 6.42 Å². The van der Waals surface area contributed by atoms with E-state index in [1.807, 2.05) is 20.9 Å². The van der Waals surface area contributed by atoms with Gasteiger partial charge in [-0.3, -0.25) is 0 Å². The topological polar surface area (TPSA) is 55.4 Å². The number of hydrogen-bond donors (Lipinski definition) is 1. The van der Waals surface area contributed by atoms with E-state index in [1.165, 1.54) is 0 Å². The first-order valence-electron chi connectivity index (χ1n) is 5.72. The molecule has 0 aliphatic carbocycles. The Morgan fingerprint density at radius 2 is 1.94 bits per heavy atom. The van der Waals surface area contributed by atoms with Crippen molar-refractivity contribution in [1.82, 2.24) is 5.32 Å². The summed E-state index contributed by atoms with van der Waals surface area (Å²) in [6, 6.07) is 0.171. The number of sulfone groups is 1. The molecule has 0 bridgehead atoms. The highest BCUT2D eigenvalue weighted by Crippen LogP contribution is 2.18. The van der Waals surface area contributed by atoms with Gasteiger partial charge in [-0.2, -0.15) is 0 Å². The van der Waals surface area contributed by atoms with Crippen LogP contribution < -0.4 is 5.32 Å². The van der Waals surface area contributed by atoms with E-state index in [1.54, 1.807) is 14.0 Å². The summed E-state index contributed by atoms with van der Waals surface area (Å²) in [5.41, 5.74) is -0.273. The molecule has 98 valence electrons. The van der Waals surface area contributed by atoms with Crippen LogP contribution in [0.25, 0.3) is 0 Å². The third kappa shape index (κ3) is 5.27. The minimum atomic E-state index is -2.84. The molecule has 0 saturated heterocycles. The normalized spacial score (nSPS) is 15.1.